The van der Waals surface area contributed by atoms with Gasteiger partial charge in [-0.2, -0.15) is 0 Å². The van der Waals surface area contributed by atoms with Crippen LogP contribution in [0.5, 0.6) is 0 Å². The van der Waals surface area contributed by atoms with Crippen LogP contribution in [0.3, 0.4) is 0 Å². The van der Waals surface area contributed by atoms with E-state index >= 15 is 0 Å². The number of ketones is 1. The van der Waals surface area contributed by atoms with Crippen LogP contribution in [0.25, 0.3) is 0 Å². The fourth-order valence-electron chi connectivity index (χ4n) is 2.03. The molecule has 104 valence electrons. The minimum Gasteiger partial charge on any atom is -0.321 e. The molecule has 0 fully saturated rings. The number of hydrogen-bond acceptors (Lipinski definition) is 2. The van der Waals surface area contributed by atoms with Gasteiger partial charge in [0.05, 0.1) is 6.04 Å². The molecule has 0 aliphatic carbocycles. The predicted molar refractivity (Wildman–Crippen MR) is 80.9 cm³/mol. The number of Topliss-reactive ketones (excluding diaryl/α,β-unsaturated/α-hetero) is 1. The quantitative estimate of drug-likeness (QED) is 0.911. The zero-order valence-electron chi connectivity index (χ0n) is 10.9. The standard InChI is InChI=1S/C16H15BrFNO/c17-13-6-12(7-14(18)10-13)9-16(20)15(19)8-11-4-2-1-3-5-11/h1-7,10,15H,8-9,19H2. The van der Waals surface area contributed by atoms with Crippen molar-refractivity contribution in [3.63, 3.8) is 0 Å². The zero-order valence-corrected chi connectivity index (χ0v) is 12.4. The molecule has 2 nitrogen and oxygen atoms in total. The Labute approximate surface area is 125 Å². The number of halogens is 2. The number of rotatable bonds is 5. The number of benzene rings is 2. The lowest BCUT2D eigenvalue weighted by Gasteiger charge is -2.11. The Bertz CT molecular complexity index is 580. The maximum absolute atomic E-state index is 13.3. The Morgan fingerprint density at radius 1 is 1.15 bits per heavy atom. The van der Waals surface area contributed by atoms with Crippen molar-refractivity contribution in [1.29, 1.82) is 0 Å². The van der Waals surface area contributed by atoms with Crippen molar-refractivity contribution < 1.29 is 9.18 Å². The highest BCUT2D eigenvalue weighted by Gasteiger charge is 2.15. The largest absolute Gasteiger partial charge is 0.321 e. The van der Waals surface area contributed by atoms with Gasteiger partial charge in [0.15, 0.2) is 5.78 Å². The summed E-state index contributed by atoms with van der Waals surface area (Å²) in [5.41, 5.74) is 7.57. The van der Waals surface area contributed by atoms with E-state index in [9.17, 15) is 9.18 Å². The monoisotopic (exact) mass is 335 g/mol. The van der Waals surface area contributed by atoms with Crippen molar-refractivity contribution >= 4 is 21.7 Å². The molecular formula is C16H15BrFNO. The Balaban J connectivity index is 2.00. The molecule has 0 spiro atoms. The molecule has 0 saturated heterocycles. The SMILES string of the molecule is NC(Cc1ccccc1)C(=O)Cc1cc(F)cc(Br)c1. The molecule has 0 bridgehead atoms. The zero-order chi connectivity index (χ0) is 14.5. The summed E-state index contributed by atoms with van der Waals surface area (Å²) in [7, 11) is 0. The molecule has 4 heteroatoms. The van der Waals surface area contributed by atoms with Crippen molar-refractivity contribution in [2.75, 3.05) is 0 Å². The minimum absolute atomic E-state index is 0.0913. The van der Waals surface area contributed by atoms with Crippen LogP contribution in [0.4, 0.5) is 4.39 Å². The normalized spacial score (nSPS) is 12.2. The van der Waals surface area contributed by atoms with Gasteiger partial charge in [-0.05, 0) is 35.7 Å². The summed E-state index contributed by atoms with van der Waals surface area (Å²) in [4.78, 5) is 12.1. The number of carbonyl (C=O) groups is 1. The van der Waals surface area contributed by atoms with Crippen LogP contribution in [0.15, 0.2) is 53.0 Å². The Morgan fingerprint density at radius 2 is 1.85 bits per heavy atom. The Kier molecular flexibility index (Phi) is 5.04. The molecule has 0 aliphatic heterocycles. The van der Waals surface area contributed by atoms with Crippen LogP contribution in [0.1, 0.15) is 11.1 Å². The molecule has 1 atom stereocenters. The minimum atomic E-state index is -0.570. The number of hydrogen-bond donors (Lipinski definition) is 1. The van der Waals surface area contributed by atoms with Crippen molar-refractivity contribution in [3.05, 3.63) is 69.9 Å². The lowest BCUT2D eigenvalue weighted by molar-refractivity contribution is -0.119. The maximum Gasteiger partial charge on any atom is 0.154 e. The Hall–Kier alpha value is -1.52. The van der Waals surface area contributed by atoms with Crippen molar-refractivity contribution in [2.45, 2.75) is 18.9 Å². The van der Waals surface area contributed by atoms with Crippen molar-refractivity contribution in [3.8, 4) is 0 Å². The van der Waals surface area contributed by atoms with Crippen LogP contribution in [0, 0.1) is 5.82 Å². The second-order valence-corrected chi connectivity index (χ2v) is 5.63. The van der Waals surface area contributed by atoms with Crippen LogP contribution in [0.2, 0.25) is 0 Å². The lowest BCUT2D eigenvalue weighted by atomic mass is 9.98. The maximum atomic E-state index is 13.3. The summed E-state index contributed by atoms with van der Waals surface area (Å²) in [6.07, 6.45) is 0.639. The van der Waals surface area contributed by atoms with E-state index in [0.29, 0.717) is 16.5 Å². The van der Waals surface area contributed by atoms with E-state index in [0.717, 1.165) is 5.56 Å². The first-order valence-electron chi connectivity index (χ1n) is 6.32. The van der Waals surface area contributed by atoms with Gasteiger partial charge in [-0.3, -0.25) is 4.79 Å². The summed E-state index contributed by atoms with van der Waals surface area (Å²) in [5.74, 6) is -0.454. The van der Waals surface area contributed by atoms with E-state index in [1.54, 1.807) is 6.07 Å². The fraction of sp³-hybridized carbons (Fsp3) is 0.188. The third-order valence-electron chi connectivity index (χ3n) is 3.01. The van der Waals surface area contributed by atoms with Gasteiger partial charge in [-0.1, -0.05) is 46.3 Å². The van der Waals surface area contributed by atoms with Gasteiger partial charge in [0.25, 0.3) is 0 Å². The molecule has 2 aromatic rings. The van der Waals surface area contributed by atoms with E-state index < -0.39 is 6.04 Å². The van der Waals surface area contributed by atoms with Gasteiger partial charge in [0.2, 0.25) is 0 Å². The molecule has 20 heavy (non-hydrogen) atoms. The lowest BCUT2D eigenvalue weighted by Crippen LogP contribution is -2.33. The molecule has 1 unspecified atom stereocenters. The molecule has 0 amide bonds. The number of carbonyl (C=O) groups excluding carboxylic acids is 1. The summed E-state index contributed by atoms with van der Waals surface area (Å²) >= 11 is 3.21. The predicted octanol–water partition coefficient (Wildman–Crippen LogP) is 3.27. The summed E-state index contributed by atoms with van der Waals surface area (Å²) < 4.78 is 13.9. The first kappa shape index (κ1) is 14.9. The smallest absolute Gasteiger partial charge is 0.154 e. The summed E-state index contributed by atoms with van der Waals surface area (Å²) in [6, 6.07) is 13.5. The molecule has 0 saturated carbocycles. The van der Waals surface area contributed by atoms with Crippen LogP contribution in [-0.4, -0.2) is 11.8 Å². The average Bonchev–Trinajstić information content (AvgIpc) is 2.38. The molecule has 0 aliphatic rings. The first-order chi connectivity index (χ1) is 9.54. The topological polar surface area (TPSA) is 43.1 Å². The van der Waals surface area contributed by atoms with E-state index in [-0.39, 0.29) is 18.0 Å². The third-order valence-corrected chi connectivity index (χ3v) is 3.47. The summed E-state index contributed by atoms with van der Waals surface area (Å²) in [6.45, 7) is 0. The molecular weight excluding hydrogens is 321 g/mol. The van der Waals surface area contributed by atoms with Gasteiger partial charge in [0.1, 0.15) is 5.82 Å². The molecule has 2 aromatic carbocycles. The molecule has 0 aromatic heterocycles. The van der Waals surface area contributed by atoms with E-state index in [1.807, 2.05) is 30.3 Å². The van der Waals surface area contributed by atoms with E-state index in [2.05, 4.69) is 15.9 Å². The van der Waals surface area contributed by atoms with Crippen molar-refractivity contribution in [2.24, 2.45) is 5.73 Å². The molecule has 0 heterocycles. The second-order valence-electron chi connectivity index (χ2n) is 4.72. The third kappa shape index (κ3) is 4.25. The number of nitrogens with two attached hydrogens (primary N) is 1. The van der Waals surface area contributed by atoms with Gasteiger partial charge >= 0.3 is 0 Å². The highest BCUT2D eigenvalue weighted by atomic mass is 79.9. The summed E-state index contributed by atoms with van der Waals surface area (Å²) in [5, 5.41) is 0. The average molecular weight is 336 g/mol. The van der Waals surface area contributed by atoms with Gasteiger partial charge in [-0.25, -0.2) is 4.39 Å². The van der Waals surface area contributed by atoms with Crippen LogP contribution >= 0.6 is 15.9 Å². The van der Waals surface area contributed by atoms with Gasteiger partial charge < -0.3 is 5.73 Å². The first-order valence-corrected chi connectivity index (χ1v) is 7.11. The second kappa shape index (κ2) is 6.77. The Morgan fingerprint density at radius 3 is 2.50 bits per heavy atom. The highest BCUT2D eigenvalue weighted by molar-refractivity contribution is 9.10. The van der Waals surface area contributed by atoms with Gasteiger partial charge in [0, 0.05) is 10.9 Å². The van der Waals surface area contributed by atoms with E-state index in [1.165, 1.54) is 12.1 Å². The molecule has 2 rings (SSSR count). The molecule has 2 N–H and O–H groups in total. The fourth-order valence-corrected chi connectivity index (χ4v) is 2.54. The highest BCUT2D eigenvalue weighted by Crippen LogP contribution is 2.16. The van der Waals surface area contributed by atoms with Crippen LogP contribution in [-0.2, 0) is 17.6 Å². The van der Waals surface area contributed by atoms with Gasteiger partial charge in [-0.15, -0.1) is 0 Å². The van der Waals surface area contributed by atoms with Crippen molar-refractivity contribution in [1.82, 2.24) is 0 Å². The van der Waals surface area contributed by atoms with Crippen LogP contribution < -0.4 is 5.73 Å². The molecule has 0 radical (unpaired) electrons. The van der Waals surface area contributed by atoms with E-state index in [4.69, 9.17) is 5.73 Å².